The summed E-state index contributed by atoms with van der Waals surface area (Å²) in [5.74, 6) is 0.482. The van der Waals surface area contributed by atoms with E-state index in [0.29, 0.717) is 34.4 Å². The fourth-order valence-electron chi connectivity index (χ4n) is 3.33. The van der Waals surface area contributed by atoms with Crippen molar-refractivity contribution in [3.63, 3.8) is 0 Å². The van der Waals surface area contributed by atoms with Gasteiger partial charge in [-0.1, -0.05) is 13.8 Å². The van der Waals surface area contributed by atoms with Crippen LogP contribution in [0.3, 0.4) is 0 Å². The number of nitrogens with two attached hydrogens (primary N) is 1. The minimum atomic E-state index is -0.476. The van der Waals surface area contributed by atoms with E-state index in [2.05, 4.69) is 17.6 Å². The van der Waals surface area contributed by atoms with Crippen LogP contribution in [-0.4, -0.2) is 23.5 Å². The molecule has 6 nitrogen and oxygen atoms in total. The maximum absolute atomic E-state index is 12.5. The zero-order valence-electron chi connectivity index (χ0n) is 16.5. The number of primary amides is 1. The van der Waals surface area contributed by atoms with Gasteiger partial charge in [0.15, 0.2) is 5.11 Å². The van der Waals surface area contributed by atoms with E-state index in [4.69, 9.17) is 22.7 Å². The highest BCUT2D eigenvalue weighted by atomic mass is 32.1. The summed E-state index contributed by atoms with van der Waals surface area (Å²) in [4.78, 5) is 25.6. The van der Waals surface area contributed by atoms with Crippen molar-refractivity contribution in [1.29, 1.82) is 0 Å². The molecule has 0 unspecified atom stereocenters. The highest BCUT2D eigenvalue weighted by molar-refractivity contribution is 7.80. The molecule has 0 bridgehead atoms. The standard InChI is InChI=1S/C21H25N3O3S2/c1-3-10-27-14-7-5-13(6-8-14)19(26)23-21(28)24-20-17(18(22)25)15-9-4-12(2)11-16(15)29-20/h5-8,12H,3-4,9-11H2,1-2H3,(H2,22,25)(H2,23,24,26,28)/t12-/m1/s1. The Kier molecular flexibility index (Phi) is 6.87. The van der Waals surface area contributed by atoms with Gasteiger partial charge in [-0.05, 0) is 73.6 Å². The van der Waals surface area contributed by atoms with Gasteiger partial charge in [0.25, 0.3) is 11.8 Å². The van der Waals surface area contributed by atoms with Crippen molar-refractivity contribution in [2.75, 3.05) is 11.9 Å². The third-order valence-corrected chi connectivity index (χ3v) is 6.18. The molecule has 1 aromatic carbocycles. The van der Waals surface area contributed by atoms with E-state index >= 15 is 0 Å². The smallest absolute Gasteiger partial charge is 0.257 e. The van der Waals surface area contributed by atoms with Gasteiger partial charge in [0, 0.05) is 10.4 Å². The maximum Gasteiger partial charge on any atom is 0.257 e. The van der Waals surface area contributed by atoms with Gasteiger partial charge < -0.3 is 15.8 Å². The fraction of sp³-hybridized carbons (Fsp3) is 0.381. The van der Waals surface area contributed by atoms with E-state index in [1.807, 2.05) is 6.92 Å². The molecule has 4 N–H and O–H groups in total. The molecule has 154 valence electrons. The SMILES string of the molecule is CCCOc1ccc(C(=O)NC(=S)Nc2sc3c(c2C(N)=O)CC[C@@H](C)C3)cc1. The van der Waals surface area contributed by atoms with Crippen LogP contribution in [-0.2, 0) is 12.8 Å². The Balaban J connectivity index is 1.67. The molecule has 0 aliphatic heterocycles. The Morgan fingerprint density at radius 3 is 2.69 bits per heavy atom. The number of carbonyl (C=O) groups excluding carboxylic acids is 2. The number of thiocarbonyl (C=S) groups is 1. The lowest BCUT2D eigenvalue weighted by Crippen LogP contribution is -2.34. The highest BCUT2D eigenvalue weighted by Gasteiger charge is 2.27. The molecule has 2 amide bonds. The number of amides is 2. The van der Waals surface area contributed by atoms with Crippen LogP contribution in [0.5, 0.6) is 5.75 Å². The lowest BCUT2D eigenvalue weighted by molar-refractivity contribution is 0.0975. The van der Waals surface area contributed by atoms with Gasteiger partial charge in [-0.25, -0.2) is 0 Å². The number of fused-ring (bicyclic) bond motifs is 1. The van der Waals surface area contributed by atoms with Crippen LogP contribution in [0.1, 0.15) is 57.8 Å². The first kappa shape index (κ1) is 21.3. The number of ether oxygens (including phenoxy) is 1. The molecule has 1 aromatic heterocycles. The summed E-state index contributed by atoms with van der Waals surface area (Å²) < 4.78 is 5.52. The minimum Gasteiger partial charge on any atom is -0.494 e. The Bertz CT molecular complexity index is 922. The number of hydrogen-bond donors (Lipinski definition) is 3. The average Bonchev–Trinajstić information content (AvgIpc) is 3.03. The highest BCUT2D eigenvalue weighted by Crippen LogP contribution is 2.39. The van der Waals surface area contributed by atoms with Crippen LogP contribution < -0.4 is 21.1 Å². The van der Waals surface area contributed by atoms with Crippen LogP contribution >= 0.6 is 23.6 Å². The maximum atomic E-state index is 12.5. The molecule has 29 heavy (non-hydrogen) atoms. The van der Waals surface area contributed by atoms with Crippen molar-refractivity contribution in [3.05, 3.63) is 45.8 Å². The summed E-state index contributed by atoms with van der Waals surface area (Å²) in [5.41, 5.74) is 7.59. The lowest BCUT2D eigenvalue weighted by atomic mass is 9.88. The van der Waals surface area contributed by atoms with Crippen LogP contribution in [0.4, 0.5) is 5.00 Å². The Labute approximate surface area is 179 Å². The van der Waals surface area contributed by atoms with Gasteiger partial charge in [-0.2, -0.15) is 0 Å². The summed E-state index contributed by atoms with van der Waals surface area (Å²) in [7, 11) is 0. The van der Waals surface area contributed by atoms with E-state index in [1.165, 1.54) is 11.3 Å². The zero-order chi connectivity index (χ0) is 21.0. The molecule has 8 heteroatoms. The van der Waals surface area contributed by atoms with Gasteiger partial charge in [0.1, 0.15) is 10.8 Å². The molecule has 1 atom stereocenters. The molecular weight excluding hydrogens is 406 g/mol. The van der Waals surface area contributed by atoms with Crippen molar-refractivity contribution in [2.45, 2.75) is 39.5 Å². The van der Waals surface area contributed by atoms with Gasteiger partial charge in [-0.3, -0.25) is 14.9 Å². The van der Waals surface area contributed by atoms with Crippen molar-refractivity contribution in [3.8, 4) is 5.75 Å². The van der Waals surface area contributed by atoms with Crippen LogP contribution in [0.2, 0.25) is 0 Å². The van der Waals surface area contributed by atoms with Gasteiger partial charge in [0.2, 0.25) is 0 Å². The van der Waals surface area contributed by atoms with Crippen LogP contribution in [0.25, 0.3) is 0 Å². The lowest BCUT2D eigenvalue weighted by Gasteiger charge is -2.18. The Morgan fingerprint density at radius 2 is 2.03 bits per heavy atom. The minimum absolute atomic E-state index is 0.135. The van der Waals surface area contributed by atoms with E-state index in [-0.39, 0.29) is 11.0 Å². The Morgan fingerprint density at radius 1 is 1.31 bits per heavy atom. The van der Waals surface area contributed by atoms with Crippen molar-refractivity contribution in [1.82, 2.24) is 5.32 Å². The van der Waals surface area contributed by atoms with Crippen molar-refractivity contribution >= 4 is 45.5 Å². The third-order valence-electron chi connectivity index (χ3n) is 4.80. The first-order valence-corrected chi connectivity index (χ1v) is 10.9. The predicted octanol–water partition coefficient (Wildman–Crippen LogP) is 3.89. The normalized spacial score (nSPS) is 15.3. The number of thiophene rings is 1. The number of anilines is 1. The van der Waals surface area contributed by atoms with E-state index < -0.39 is 5.91 Å². The number of nitrogens with one attached hydrogen (secondary N) is 2. The molecule has 1 aliphatic carbocycles. The number of hydrogen-bond acceptors (Lipinski definition) is 5. The third kappa shape index (κ3) is 5.13. The molecule has 2 aromatic rings. The molecular formula is C21H25N3O3S2. The number of benzene rings is 1. The summed E-state index contributed by atoms with van der Waals surface area (Å²) in [6, 6.07) is 6.87. The molecule has 1 heterocycles. The summed E-state index contributed by atoms with van der Waals surface area (Å²) in [6.45, 7) is 4.86. The van der Waals surface area contributed by atoms with Crippen molar-refractivity contribution in [2.24, 2.45) is 11.7 Å². The molecule has 0 saturated heterocycles. The Hall–Kier alpha value is -2.45. The summed E-state index contributed by atoms with van der Waals surface area (Å²) in [6.07, 6.45) is 3.70. The molecule has 0 fully saturated rings. The summed E-state index contributed by atoms with van der Waals surface area (Å²) in [5, 5.41) is 6.39. The van der Waals surface area contributed by atoms with Crippen molar-refractivity contribution < 1.29 is 14.3 Å². The first-order chi connectivity index (χ1) is 13.9. The molecule has 1 aliphatic rings. The second-order valence-electron chi connectivity index (χ2n) is 7.20. The first-order valence-electron chi connectivity index (χ1n) is 9.68. The molecule has 0 spiro atoms. The summed E-state index contributed by atoms with van der Waals surface area (Å²) >= 11 is 6.78. The monoisotopic (exact) mass is 431 g/mol. The molecule has 0 radical (unpaired) electrons. The van der Waals surface area contributed by atoms with E-state index in [1.54, 1.807) is 24.3 Å². The van der Waals surface area contributed by atoms with Gasteiger partial charge in [0.05, 0.1) is 12.2 Å². The number of carbonyl (C=O) groups is 2. The second kappa shape index (κ2) is 9.37. The molecule has 0 saturated carbocycles. The zero-order valence-corrected chi connectivity index (χ0v) is 18.2. The van der Waals surface area contributed by atoms with Crippen LogP contribution in [0.15, 0.2) is 24.3 Å². The van der Waals surface area contributed by atoms with E-state index in [0.717, 1.165) is 36.1 Å². The second-order valence-corrected chi connectivity index (χ2v) is 8.71. The van der Waals surface area contributed by atoms with Crippen LogP contribution in [0, 0.1) is 5.92 Å². The average molecular weight is 432 g/mol. The predicted molar refractivity (Wildman–Crippen MR) is 120 cm³/mol. The quantitative estimate of drug-likeness (QED) is 0.604. The van der Waals surface area contributed by atoms with E-state index in [9.17, 15) is 9.59 Å². The topological polar surface area (TPSA) is 93.4 Å². The largest absolute Gasteiger partial charge is 0.494 e. The van der Waals surface area contributed by atoms with Gasteiger partial charge >= 0.3 is 0 Å². The van der Waals surface area contributed by atoms with Gasteiger partial charge in [-0.15, -0.1) is 11.3 Å². The fourth-order valence-corrected chi connectivity index (χ4v) is 5.01. The molecule has 3 rings (SSSR count). The number of rotatable bonds is 6.